The van der Waals surface area contributed by atoms with Crippen LogP contribution < -0.4 is 0 Å². The summed E-state index contributed by atoms with van der Waals surface area (Å²) in [7, 11) is 0. The van der Waals surface area contributed by atoms with Crippen molar-refractivity contribution in [3.8, 4) is 0 Å². The average Bonchev–Trinajstić information content (AvgIpc) is 2.45. The topological polar surface area (TPSA) is 0 Å². The number of rotatable bonds is 3. The van der Waals surface area contributed by atoms with Gasteiger partial charge in [0.15, 0.2) is 0 Å². The van der Waals surface area contributed by atoms with Crippen molar-refractivity contribution in [3.63, 3.8) is 0 Å². The van der Waals surface area contributed by atoms with Gasteiger partial charge in [-0.05, 0) is 51.4 Å². The van der Waals surface area contributed by atoms with Crippen LogP contribution in [0.15, 0.2) is 48.6 Å². The van der Waals surface area contributed by atoms with E-state index in [1.165, 1.54) is 51.4 Å². The molecule has 0 saturated heterocycles. The molecule has 2 aliphatic rings. The summed E-state index contributed by atoms with van der Waals surface area (Å²) in [5.41, 5.74) is 0. The Hall–Kier alpha value is 0.907. The largest absolute Gasteiger partial charge is 0.793 e. The zero-order valence-corrected chi connectivity index (χ0v) is 19.5. The van der Waals surface area contributed by atoms with Gasteiger partial charge in [-0.1, -0.05) is 61.4 Å². The number of hydrogen-bond acceptors (Lipinski definition) is 2. The first-order valence-electron chi connectivity index (χ1n) is 8.68. The Morgan fingerprint density at radius 3 is 0.708 bits per heavy atom. The van der Waals surface area contributed by atoms with Crippen LogP contribution in [0, 0.1) is 0 Å². The molecule has 0 atom stereocenters. The molecule has 0 N–H and O–H groups in total. The average molecular weight is 542 g/mol. The van der Waals surface area contributed by atoms with Crippen molar-refractivity contribution < 1.29 is 39.0 Å². The van der Waals surface area contributed by atoms with Crippen molar-refractivity contribution in [1.82, 2.24) is 0 Å². The van der Waals surface area contributed by atoms with Crippen molar-refractivity contribution in [1.29, 1.82) is 0 Å². The molecule has 0 amide bonds. The summed E-state index contributed by atoms with van der Waals surface area (Å²) >= 11 is 9.34. The van der Waals surface area contributed by atoms with Crippen molar-refractivity contribution in [2.45, 2.75) is 64.2 Å². The molecule has 0 aromatic rings. The van der Waals surface area contributed by atoms with Gasteiger partial charge in [-0.3, -0.25) is 0 Å². The van der Waals surface area contributed by atoms with Crippen molar-refractivity contribution in [2.24, 2.45) is 0 Å². The molecule has 2 radical (unpaired) electrons. The van der Waals surface area contributed by atoms with Gasteiger partial charge in [0.25, 0.3) is 0 Å². The molecule has 2 aliphatic carbocycles. The van der Waals surface area contributed by atoms with Crippen molar-refractivity contribution in [3.05, 3.63) is 48.6 Å². The predicted molar refractivity (Wildman–Crippen MR) is 107 cm³/mol. The Morgan fingerprint density at radius 1 is 0.417 bits per heavy atom. The monoisotopic (exact) mass is 542 g/mol. The normalized spacial score (nSPS) is 20.9. The minimum absolute atomic E-state index is 0. The predicted octanol–water partition coefficient (Wildman–Crippen LogP) is 6.20. The van der Waals surface area contributed by atoms with Crippen LogP contribution >= 0.6 is 0 Å². The first-order chi connectivity index (χ1) is 10.9. The van der Waals surface area contributed by atoms with Crippen LogP contribution in [-0.2, 0) is 64.2 Å². The maximum atomic E-state index is 4.67. The van der Waals surface area contributed by atoms with E-state index in [4.69, 9.17) is 0 Å². The second kappa shape index (κ2) is 28.7. The van der Waals surface area contributed by atoms with E-state index in [2.05, 4.69) is 73.9 Å². The van der Waals surface area contributed by atoms with Crippen LogP contribution in [0.25, 0.3) is 0 Å². The first-order valence-corrected chi connectivity index (χ1v) is 9.83. The fourth-order valence-corrected chi connectivity index (χ4v) is 2.32. The van der Waals surface area contributed by atoms with E-state index in [1.807, 2.05) is 0 Å². The maximum Gasteiger partial charge on any atom is 0 e. The van der Waals surface area contributed by atoms with Gasteiger partial charge in [0, 0.05) is 39.0 Å². The molecule has 0 aliphatic heterocycles. The molecule has 0 spiro atoms. The molecule has 144 valence electrons. The van der Waals surface area contributed by atoms with E-state index >= 15 is 0 Å². The minimum Gasteiger partial charge on any atom is -0.793 e. The zero-order chi connectivity index (χ0) is 16.1. The molecule has 4 heteroatoms. The van der Waals surface area contributed by atoms with E-state index in [0.717, 1.165) is 24.3 Å². The van der Waals surface area contributed by atoms with Gasteiger partial charge in [0.2, 0.25) is 0 Å². The van der Waals surface area contributed by atoms with Crippen LogP contribution in [0.2, 0.25) is 0 Å². The van der Waals surface area contributed by atoms with Gasteiger partial charge in [-0.25, -0.2) is 0 Å². The molecular weight excluding hydrogens is 510 g/mol. The first kappa shape index (κ1) is 29.7. The molecule has 0 bridgehead atoms. The van der Waals surface area contributed by atoms with Crippen LogP contribution in [-0.4, -0.2) is 11.5 Å². The molecule has 24 heavy (non-hydrogen) atoms. The second-order valence-electron chi connectivity index (χ2n) is 5.31. The quantitative estimate of drug-likeness (QED) is 0.180. The van der Waals surface area contributed by atoms with E-state index < -0.39 is 0 Å². The third-order valence-electron chi connectivity index (χ3n) is 3.21. The number of hydrogen-bond donors (Lipinski definition) is 0. The van der Waals surface area contributed by atoms with Crippen molar-refractivity contribution >= 4 is 25.3 Å². The SMILES string of the molecule is C1=C\CC/C=C\CC/1.C1=C\CC/C=C\CC/1.[Rh].[Rh].[S-]CCCC[S-]. The van der Waals surface area contributed by atoms with Gasteiger partial charge >= 0.3 is 0 Å². The summed E-state index contributed by atoms with van der Waals surface area (Å²) in [6.07, 6.45) is 30.2. The molecule has 0 aromatic heterocycles. The van der Waals surface area contributed by atoms with Crippen LogP contribution in [0.3, 0.4) is 0 Å². The minimum atomic E-state index is 0. The molecule has 0 aromatic carbocycles. The Bertz CT molecular complexity index is 240. The van der Waals surface area contributed by atoms with E-state index in [0.29, 0.717) is 0 Å². The summed E-state index contributed by atoms with van der Waals surface area (Å²) in [6.45, 7) is 0. The Kier molecular flexibility index (Phi) is 35.5. The smallest absolute Gasteiger partial charge is 0 e. The molecule has 0 nitrogen and oxygen atoms in total. The maximum absolute atomic E-state index is 4.67. The van der Waals surface area contributed by atoms with Crippen LogP contribution in [0.4, 0.5) is 0 Å². The zero-order valence-electron chi connectivity index (χ0n) is 14.6. The molecule has 2 rings (SSSR count). The number of allylic oxidation sites excluding steroid dienone is 8. The molecule has 0 fully saturated rings. The fourth-order valence-electron chi connectivity index (χ4n) is 1.92. The van der Waals surface area contributed by atoms with E-state index in [-0.39, 0.29) is 39.0 Å². The molecule has 0 saturated carbocycles. The van der Waals surface area contributed by atoms with Gasteiger partial charge in [0.1, 0.15) is 0 Å². The summed E-state index contributed by atoms with van der Waals surface area (Å²) in [5.74, 6) is 1.74. The van der Waals surface area contributed by atoms with Gasteiger partial charge in [-0.15, -0.1) is 0 Å². The van der Waals surface area contributed by atoms with Crippen LogP contribution in [0.5, 0.6) is 0 Å². The Morgan fingerprint density at radius 2 is 0.583 bits per heavy atom. The summed E-state index contributed by atoms with van der Waals surface area (Å²) < 4.78 is 0. The Balaban J connectivity index is -0.000000268. The fraction of sp³-hybridized carbons (Fsp3) is 0.600. The van der Waals surface area contributed by atoms with E-state index in [9.17, 15) is 0 Å². The van der Waals surface area contributed by atoms with Gasteiger partial charge < -0.3 is 25.3 Å². The summed E-state index contributed by atoms with van der Waals surface area (Å²) in [5, 5.41) is 0. The van der Waals surface area contributed by atoms with Gasteiger partial charge in [-0.2, -0.15) is 11.5 Å². The number of unbranched alkanes of at least 4 members (excludes halogenated alkanes) is 1. The van der Waals surface area contributed by atoms with Crippen molar-refractivity contribution in [2.75, 3.05) is 11.5 Å². The standard InChI is InChI=1S/2C8H12.C4H10S2.2Rh/c2*1-2-4-6-8-7-5-3-1;5-3-1-2-4-6;;/h2*1-2,7-8H,3-6H2;5-6H,1-4H2;;/p-2/b2*2-1-,8-7-;;;. The summed E-state index contributed by atoms with van der Waals surface area (Å²) in [6, 6.07) is 0. The third kappa shape index (κ3) is 27.7. The van der Waals surface area contributed by atoms with E-state index in [1.54, 1.807) is 0 Å². The second-order valence-corrected chi connectivity index (χ2v) is 6.13. The summed E-state index contributed by atoms with van der Waals surface area (Å²) in [4.78, 5) is 0. The molecule has 0 unspecified atom stereocenters. The Labute approximate surface area is 187 Å². The third-order valence-corrected chi connectivity index (χ3v) is 3.78. The van der Waals surface area contributed by atoms with Crippen LogP contribution in [0.1, 0.15) is 64.2 Å². The van der Waals surface area contributed by atoms with Gasteiger partial charge in [0.05, 0.1) is 0 Å². The molecular formula is C20H32Rh2S2-2. The molecule has 0 heterocycles.